The number of rotatable bonds is 2. The van der Waals surface area contributed by atoms with E-state index < -0.39 is 41.3 Å². The maximum absolute atomic E-state index is 12.4. The number of Topliss-reactive ketones (excluding diaryl/α,β-unsaturated/α-hetero) is 1. The molecule has 4 atom stereocenters. The molecular weight excluding hydrogens is 292 g/mol. The lowest BCUT2D eigenvalue weighted by atomic mass is 9.57. The Kier molecular flexibility index (Phi) is 3.12. The molecule has 118 valence electrons. The number of fused-ring (bicyclic) bond motifs is 2. The van der Waals surface area contributed by atoms with Gasteiger partial charge >= 0.3 is 17.9 Å². The number of ether oxygens (including phenoxy) is 3. The second kappa shape index (κ2) is 4.66. The summed E-state index contributed by atoms with van der Waals surface area (Å²) in [7, 11) is 2.39. The Morgan fingerprint density at radius 3 is 2.36 bits per heavy atom. The van der Waals surface area contributed by atoms with E-state index in [4.69, 9.17) is 14.2 Å². The Hall–Kier alpha value is -2.18. The van der Waals surface area contributed by atoms with Gasteiger partial charge in [0, 0.05) is 12.0 Å². The highest BCUT2D eigenvalue weighted by Gasteiger charge is 2.68. The standard InChI is InChI=1S/C15H16O7/c1-15-6-4-5-7(16)8(6)11(22-14(15)19)9(12(17)20-2)10(15)13(18)21-3/h9-11H,4-5H2,1-3H3. The summed E-state index contributed by atoms with van der Waals surface area (Å²) in [6.07, 6.45) is -0.400. The Morgan fingerprint density at radius 1 is 1.14 bits per heavy atom. The molecule has 0 radical (unpaired) electrons. The molecule has 0 aromatic rings. The van der Waals surface area contributed by atoms with Gasteiger partial charge in [0.25, 0.3) is 0 Å². The lowest BCUT2D eigenvalue weighted by Crippen LogP contribution is -2.62. The van der Waals surface area contributed by atoms with E-state index in [0.29, 0.717) is 17.6 Å². The predicted octanol–water partition coefficient (Wildman–Crippen LogP) is 0.170. The highest BCUT2D eigenvalue weighted by Crippen LogP contribution is 2.58. The minimum atomic E-state index is -1.36. The van der Waals surface area contributed by atoms with E-state index in [0.717, 1.165) is 0 Å². The molecule has 2 bridgehead atoms. The van der Waals surface area contributed by atoms with E-state index in [1.54, 1.807) is 0 Å². The second-order valence-electron chi connectivity index (χ2n) is 5.89. The van der Waals surface area contributed by atoms with Gasteiger partial charge in [0.2, 0.25) is 0 Å². The fourth-order valence-corrected chi connectivity index (χ4v) is 3.97. The molecule has 1 saturated heterocycles. The summed E-state index contributed by atoms with van der Waals surface area (Å²) in [5, 5.41) is 0. The number of hydrogen-bond acceptors (Lipinski definition) is 7. The minimum absolute atomic E-state index is 0.143. The van der Waals surface area contributed by atoms with Crippen molar-refractivity contribution in [1.29, 1.82) is 0 Å². The molecule has 7 heteroatoms. The molecule has 0 spiro atoms. The lowest BCUT2D eigenvalue weighted by molar-refractivity contribution is -0.197. The van der Waals surface area contributed by atoms with Crippen LogP contribution in [0.2, 0.25) is 0 Å². The first-order valence-electron chi connectivity index (χ1n) is 7.01. The van der Waals surface area contributed by atoms with Gasteiger partial charge in [-0.15, -0.1) is 0 Å². The fourth-order valence-electron chi connectivity index (χ4n) is 3.97. The lowest BCUT2D eigenvalue weighted by Gasteiger charge is -2.50. The summed E-state index contributed by atoms with van der Waals surface area (Å²) in [5.41, 5.74) is -0.394. The third-order valence-electron chi connectivity index (χ3n) is 5.03. The minimum Gasteiger partial charge on any atom is -0.469 e. The summed E-state index contributed by atoms with van der Waals surface area (Å²) in [5.74, 6) is -4.20. The number of ketones is 1. The van der Waals surface area contributed by atoms with Crippen LogP contribution < -0.4 is 0 Å². The van der Waals surface area contributed by atoms with Crippen LogP contribution in [0.4, 0.5) is 0 Å². The molecule has 0 saturated carbocycles. The number of hydrogen-bond donors (Lipinski definition) is 0. The third kappa shape index (κ3) is 1.56. The van der Waals surface area contributed by atoms with Crippen LogP contribution in [-0.2, 0) is 33.4 Å². The van der Waals surface area contributed by atoms with Gasteiger partial charge in [0.1, 0.15) is 17.4 Å². The van der Waals surface area contributed by atoms with Crippen LogP contribution in [0.1, 0.15) is 19.8 Å². The summed E-state index contributed by atoms with van der Waals surface area (Å²) in [6, 6.07) is 0. The summed E-state index contributed by atoms with van der Waals surface area (Å²) in [4.78, 5) is 49.0. The Balaban J connectivity index is 2.23. The smallest absolute Gasteiger partial charge is 0.317 e. The van der Waals surface area contributed by atoms with Crippen molar-refractivity contribution in [3.63, 3.8) is 0 Å². The molecule has 7 nitrogen and oxygen atoms in total. The Bertz CT molecular complexity index is 632. The van der Waals surface area contributed by atoms with Crippen LogP contribution in [0, 0.1) is 17.3 Å². The largest absolute Gasteiger partial charge is 0.469 e. The topological polar surface area (TPSA) is 96.0 Å². The van der Waals surface area contributed by atoms with Crippen molar-refractivity contribution in [3.05, 3.63) is 11.1 Å². The molecule has 0 N–H and O–H groups in total. The van der Waals surface area contributed by atoms with Crippen molar-refractivity contribution >= 4 is 23.7 Å². The summed E-state index contributed by atoms with van der Waals surface area (Å²) < 4.78 is 14.9. The van der Waals surface area contributed by atoms with E-state index in [2.05, 4.69) is 0 Å². The molecule has 0 amide bonds. The van der Waals surface area contributed by atoms with Gasteiger partial charge in [-0.3, -0.25) is 19.2 Å². The normalized spacial score (nSPS) is 36.0. The summed E-state index contributed by atoms with van der Waals surface area (Å²) >= 11 is 0. The third-order valence-corrected chi connectivity index (χ3v) is 5.03. The maximum Gasteiger partial charge on any atom is 0.317 e. The Morgan fingerprint density at radius 2 is 1.77 bits per heavy atom. The van der Waals surface area contributed by atoms with Crippen molar-refractivity contribution in [2.24, 2.45) is 17.3 Å². The van der Waals surface area contributed by atoms with Gasteiger partial charge in [0.05, 0.1) is 20.1 Å². The van der Waals surface area contributed by atoms with E-state index >= 15 is 0 Å². The van der Waals surface area contributed by atoms with Crippen LogP contribution in [0.3, 0.4) is 0 Å². The first-order chi connectivity index (χ1) is 10.4. The zero-order chi connectivity index (χ0) is 16.2. The van der Waals surface area contributed by atoms with Gasteiger partial charge in [0.15, 0.2) is 5.78 Å². The zero-order valence-electron chi connectivity index (χ0n) is 12.5. The number of carbonyl (C=O) groups is 4. The Labute approximate surface area is 126 Å². The SMILES string of the molecule is COC(=O)C1C2OC(=O)C(C)(C3=C2C(=O)CC3)C1C(=O)OC. The highest BCUT2D eigenvalue weighted by molar-refractivity contribution is 6.07. The van der Waals surface area contributed by atoms with Gasteiger partial charge in [-0.25, -0.2) is 0 Å². The predicted molar refractivity (Wildman–Crippen MR) is 70.3 cm³/mol. The van der Waals surface area contributed by atoms with E-state index in [1.807, 2.05) is 0 Å². The monoisotopic (exact) mass is 308 g/mol. The average Bonchev–Trinajstić information content (AvgIpc) is 2.90. The van der Waals surface area contributed by atoms with Crippen molar-refractivity contribution in [3.8, 4) is 0 Å². The van der Waals surface area contributed by atoms with Crippen LogP contribution in [0.25, 0.3) is 0 Å². The zero-order valence-corrected chi connectivity index (χ0v) is 12.5. The quantitative estimate of drug-likeness (QED) is 0.530. The van der Waals surface area contributed by atoms with Gasteiger partial charge < -0.3 is 14.2 Å². The fraction of sp³-hybridized carbons (Fsp3) is 0.600. The van der Waals surface area contributed by atoms with Crippen molar-refractivity contribution < 1.29 is 33.4 Å². The molecule has 4 rings (SSSR count). The molecule has 4 unspecified atom stereocenters. The van der Waals surface area contributed by atoms with Crippen molar-refractivity contribution in [1.82, 2.24) is 0 Å². The first kappa shape index (κ1) is 14.7. The van der Waals surface area contributed by atoms with Gasteiger partial charge in [-0.2, -0.15) is 0 Å². The van der Waals surface area contributed by atoms with Gasteiger partial charge in [-0.05, 0) is 18.9 Å². The van der Waals surface area contributed by atoms with E-state index in [1.165, 1.54) is 21.1 Å². The molecule has 22 heavy (non-hydrogen) atoms. The first-order valence-corrected chi connectivity index (χ1v) is 7.01. The second-order valence-corrected chi connectivity index (χ2v) is 5.89. The average molecular weight is 308 g/mol. The number of methoxy groups -OCH3 is 2. The van der Waals surface area contributed by atoms with E-state index in [9.17, 15) is 19.2 Å². The van der Waals surface area contributed by atoms with E-state index in [-0.39, 0.29) is 12.2 Å². The van der Waals surface area contributed by atoms with Crippen LogP contribution in [-0.4, -0.2) is 44.0 Å². The van der Waals surface area contributed by atoms with Crippen LogP contribution in [0.5, 0.6) is 0 Å². The molecule has 4 aliphatic rings. The van der Waals surface area contributed by atoms with Crippen molar-refractivity contribution in [2.75, 3.05) is 14.2 Å². The molecule has 2 aliphatic carbocycles. The molecule has 0 aromatic heterocycles. The number of esters is 3. The maximum atomic E-state index is 12.4. The molecule has 2 aliphatic heterocycles. The molecular formula is C15H16O7. The van der Waals surface area contributed by atoms with Crippen molar-refractivity contribution in [2.45, 2.75) is 25.9 Å². The molecule has 2 heterocycles. The molecule has 1 fully saturated rings. The highest BCUT2D eigenvalue weighted by atomic mass is 16.6. The number of carbonyl (C=O) groups excluding carboxylic acids is 4. The van der Waals surface area contributed by atoms with Gasteiger partial charge in [-0.1, -0.05) is 0 Å². The molecule has 0 aromatic carbocycles. The summed E-state index contributed by atoms with van der Waals surface area (Å²) in [6.45, 7) is 1.54. The van der Waals surface area contributed by atoms with Crippen LogP contribution >= 0.6 is 0 Å². The van der Waals surface area contributed by atoms with Crippen LogP contribution in [0.15, 0.2) is 11.1 Å².